The normalized spacial score (nSPS) is 18.0. The Hall–Kier alpha value is -1.44. The van der Waals surface area contributed by atoms with Crippen molar-refractivity contribution in [2.24, 2.45) is 5.92 Å². The van der Waals surface area contributed by atoms with Crippen molar-refractivity contribution in [3.63, 3.8) is 0 Å². The minimum atomic E-state index is -3.35. The minimum absolute atomic E-state index is 0.0965. The van der Waals surface area contributed by atoms with Gasteiger partial charge in [-0.25, -0.2) is 12.7 Å². The largest absolute Gasteiger partial charge is 0.356 e. The van der Waals surface area contributed by atoms with Crippen LogP contribution >= 0.6 is 0 Å². The van der Waals surface area contributed by atoms with E-state index in [1.807, 2.05) is 25.2 Å². The SMILES string of the molecule is CNCC1CCN(S(=O)(=O)Cc2noc3ccccc23)CC1. The zero-order valence-corrected chi connectivity index (χ0v) is 13.5. The van der Waals surface area contributed by atoms with Crippen LogP contribution in [0.1, 0.15) is 18.5 Å². The van der Waals surface area contributed by atoms with E-state index in [2.05, 4.69) is 10.5 Å². The van der Waals surface area contributed by atoms with Gasteiger partial charge >= 0.3 is 0 Å². The molecule has 1 fully saturated rings. The third kappa shape index (κ3) is 3.16. The molecular formula is C15H21N3O3S. The van der Waals surface area contributed by atoms with Gasteiger partial charge in [-0.2, -0.15) is 0 Å². The highest BCUT2D eigenvalue weighted by Gasteiger charge is 2.29. The third-order valence-corrected chi connectivity index (χ3v) is 6.02. The molecule has 2 heterocycles. The zero-order valence-electron chi connectivity index (χ0n) is 12.7. The molecular weight excluding hydrogens is 302 g/mol. The number of benzene rings is 1. The number of sulfonamides is 1. The van der Waals surface area contributed by atoms with Crippen molar-refractivity contribution in [2.45, 2.75) is 18.6 Å². The highest BCUT2D eigenvalue weighted by molar-refractivity contribution is 7.88. The predicted molar refractivity (Wildman–Crippen MR) is 84.9 cm³/mol. The molecule has 1 aromatic heterocycles. The molecule has 0 spiro atoms. The summed E-state index contributed by atoms with van der Waals surface area (Å²) in [6, 6.07) is 7.34. The molecule has 22 heavy (non-hydrogen) atoms. The van der Waals surface area contributed by atoms with Gasteiger partial charge in [-0.3, -0.25) is 0 Å². The summed E-state index contributed by atoms with van der Waals surface area (Å²) in [5.41, 5.74) is 1.12. The molecule has 0 aliphatic carbocycles. The van der Waals surface area contributed by atoms with Gasteiger partial charge in [0.1, 0.15) is 11.4 Å². The van der Waals surface area contributed by atoms with Crippen LogP contribution in [-0.2, 0) is 15.8 Å². The van der Waals surface area contributed by atoms with E-state index in [0.29, 0.717) is 30.3 Å². The molecule has 0 atom stereocenters. The lowest BCUT2D eigenvalue weighted by Gasteiger charge is -2.30. The maximum absolute atomic E-state index is 12.6. The van der Waals surface area contributed by atoms with Crippen LogP contribution in [-0.4, -0.2) is 44.6 Å². The van der Waals surface area contributed by atoms with Gasteiger partial charge in [0.2, 0.25) is 10.0 Å². The zero-order chi connectivity index (χ0) is 15.6. The average Bonchev–Trinajstić information content (AvgIpc) is 2.91. The van der Waals surface area contributed by atoms with Crippen molar-refractivity contribution >= 4 is 21.0 Å². The topological polar surface area (TPSA) is 75.4 Å². The fourth-order valence-electron chi connectivity index (χ4n) is 2.99. The number of para-hydroxylation sites is 1. The van der Waals surface area contributed by atoms with E-state index in [1.165, 1.54) is 0 Å². The van der Waals surface area contributed by atoms with Gasteiger partial charge < -0.3 is 9.84 Å². The van der Waals surface area contributed by atoms with Gasteiger partial charge in [-0.1, -0.05) is 17.3 Å². The Balaban J connectivity index is 1.72. The third-order valence-electron chi connectivity index (χ3n) is 4.23. The van der Waals surface area contributed by atoms with Crippen molar-refractivity contribution in [2.75, 3.05) is 26.7 Å². The lowest BCUT2D eigenvalue weighted by atomic mass is 9.98. The van der Waals surface area contributed by atoms with Gasteiger partial charge in [0, 0.05) is 18.5 Å². The standard InChI is InChI=1S/C15H21N3O3S/c1-16-10-12-6-8-18(9-7-12)22(19,20)11-14-13-4-2-3-5-15(13)21-17-14/h2-5,12,16H,6-11H2,1H3. The quantitative estimate of drug-likeness (QED) is 0.904. The Morgan fingerprint density at radius 2 is 2.05 bits per heavy atom. The van der Waals surface area contributed by atoms with Gasteiger partial charge in [-0.05, 0) is 44.5 Å². The van der Waals surface area contributed by atoms with E-state index in [1.54, 1.807) is 10.4 Å². The molecule has 0 unspecified atom stereocenters. The number of aromatic nitrogens is 1. The molecule has 2 aromatic rings. The molecule has 0 bridgehead atoms. The number of nitrogens with zero attached hydrogens (tertiary/aromatic N) is 2. The number of hydrogen-bond donors (Lipinski definition) is 1. The fourth-order valence-corrected chi connectivity index (χ4v) is 4.49. The second-order valence-electron chi connectivity index (χ2n) is 5.78. The number of fused-ring (bicyclic) bond motifs is 1. The summed E-state index contributed by atoms with van der Waals surface area (Å²) in [5, 5.41) is 7.86. The lowest BCUT2D eigenvalue weighted by molar-refractivity contribution is 0.270. The lowest BCUT2D eigenvalue weighted by Crippen LogP contribution is -2.40. The maximum atomic E-state index is 12.6. The van der Waals surface area contributed by atoms with Crippen LogP contribution in [0.3, 0.4) is 0 Å². The van der Waals surface area contributed by atoms with Crippen LogP contribution in [0.2, 0.25) is 0 Å². The van der Waals surface area contributed by atoms with Crippen LogP contribution in [0.4, 0.5) is 0 Å². The highest BCUT2D eigenvalue weighted by Crippen LogP contribution is 2.24. The monoisotopic (exact) mass is 323 g/mol. The summed E-state index contributed by atoms with van der Waals surface area (Å²) in [6.45, 7) is 2.12. The van der Waals surface area contributed by atoms with Crippen LogP contribution in [0.15, 0.2) is 28.8 Å². The first-order chi connectivity index (χ1) is 10.6. The van der Waals surface area contributed by atoms with Crippen LogP contribution < -0.4 is 5.32 Å². The number of nitrogens with one attached hydrogen (secondary N) is 1. The van der Waals surface area contributed by atoms with Gasteiger partial charge in [-0.15, -0.1) is 0 Å². The molecule has 1 aliphatic heterocycles. The van der Waals surface area contributed by atoms with Crippen molar-refractivity contribution in [1.82, 2.24) is 14.8 Å². The fraction of sp³-hybridized carbons (Fsp3) is 0.533. The number of hydrogen-bond acceptors (Lipinski definition) is 5. The molecule has 1 aromatic carbocycles. The van der Waals surface area contributed by atoms with E-state index in [9.17, 15) is 8.42 Å². The number of rotatable bonds is 5. The molecule has 0 amide bonds. The molecule has 1 aliphatic rings. The van der Waals surface area contributed by atoms with E-state index >= 15 is 0 Å². The van der Waals surface area contributed by atoms with Crippen molar-refractivity contribution < 1.29 is 12.9 Å². The molecule has 0 saturated carbocycles. The second kappa shape index (κ2) is 6.36. The van der Waals surface area contributed by atoms with E-state index in [-0.39, 0.29) is 5.75 Å². The van der Waals surface area contributed by atoms with E-state index < -0.39 is 10.0 Å². The smallest absolute Gasteiger partial charge is 0.220 e. The summed E-state index contributed by atoms with van der Waals surface area (Å²) in [5.74, 6) is 0.463. The molecule has 7 heteroatoms. The highest BCUT2D eigenvalue weighted by atomic mass is 32.2. The van der Waals surface area contributed by atoms with E-state index in [0.717, 1.165) is 24.8 Å². The Morgan fingerprint density at radius 1 is 1.32 bits per heavy atom. The first kappa shape index (κ1) is 15.5. The Kier molecular flexibility index (Phi) is 4.46. The summed E-state index contributed by atoms with van der Waals surface area (Å²) >= 11 is 0. The van der Waals surface area contributed by atoms with Crippen LogP contribution in [0.5, 0.6) is 0 Å². The van der Waals surface area contributed by atoms with E-state index in [4.69, 9.17) is 4.52 Å². The second-order valence-corrected chi connectivity index (χ2v) is 7.75. The van der Waals surface area contributed by atoms with Gasteiger partial charge in [0.05, 0.1) is 0 Å². The van der Waals surface area contributed by atoms with Gasteiger partial charge in [0.15, 0.2) is 5.58 Å². The molecule has 6 nitrogen and oxygen atoms in total. The minimum Gasteiger partial charge on any atom is -0.356 e. The van der Waals surface area contributed by atoms with Crippen molar-refractivity contribution in [1.29, 1.82) is 0 Å². The summed E-state index contributed by atoms with van der Waals surface area (Å²) < 4.78 is 32.0. The molecule has 1 N–H and O–H groups in total. The molecule has 1 saturated heterocycles. The number of piperidine rings is 1. The summed E-state index contributed by atoms with van der Waals surface area (Å²) in [7, 11) is -1.42. The predicted octanol–water partition coefficient (Wildman–Crippen LogP) is 1.59. The van der Waals surface area contributed by atoms with Crippen LogP contribution in [0, 0.1) is 5.92 Å². The maximum Gasteiger partial charge on any atom is 0.220 e. The first-order valence-electron chi connectivity index (χ1n) is 7.56. The van der Waals surface area contributed by atoms with Crippen LogP contribution in [0.25, 0.3) is 11.0 Å². The Labute approximate surface area is 130 Å². The summed E-state index contributed by atoms with van der Waals surface area (Å²) in [4.78, 5) is 0. The van der Waals surface area contributed by atoms with Gasteiger partial charge in [0.25, 0.3) is 0 Å². The Morgan fingerprint density at radius 3 is 2.77 bits per heavy atom. The van der Waals surface area contributed by atoms with Crippen molar-refractivity contribution in [3.8, 4) is 0 Å². The van der Waals surface area contributed by atoms with Crippen molar-refractivity contribution in [3.05, 3.63) is 30.0 Å². The molecule has 120 valence electrons. The summed E-state index contributed by atoms with van der Waals surface area (Å²) in [6.07, 6.45) is 1.80. The molecule has 3 rings (SSSR count). The molecule has 0 radical (unpaired) electrons. The first-order valence-corrected chi connectivity index (χ1v) is 9.17. The average molecular weight is 323 g/mol. The Bertz CT molecular complexity index is 733.